The van der Waals surface area contributed by atoms with Crippen molar-refractivity contribution in [2.24, 2.45) is 5.92 Å². The van der Waals surface area contributed by atoms with Gasteiger partial charge in [0, 0.05) is 18.7 Å². The molecule has 1 heterocycles. The molecule has 1 saturated carbocycles. The topological polar surface area (TPSA) is 49.8 Å². The van der Waals surface area contributed by atoms with Gasteiger partial charge in [-0.25, -0.2) is 9.97 Å². The van der Waals surface area contributed by atoms with E-state index in [1.165, 1.54) is 19.3 Å². The van der Waals surface area contributed by atoms with Crippen molar-refractivity contribution in [1.29, 1.82) is 0 Å². The SMILES string of the molecule is CCCNc1cc(NC(C)C2CCC2)ncn1. The van der Waals surface area contributed by atoms with Crippen LogP contribution in [0.1, 0.15) is 39.5 Å². The minimum atomic E-state index is 0.512. The summed E-state index contributed by atoms with van der Waals surface area (Å²) in [4.78, 5) is 8.47. The minimum absolute atomic E-state index is 0.512. The van der Waals surface area contributed by atoms with Crippen LogP contribution in [0, 0.1) is 5.92 Å². The molecule has 1 fully saturated rings. The Labute approximate surface area is 103 Å². The molecule has 0 radical (unpaired) electrons. The average Bonchev–Trinajstić information content (AvgIpc) is 2.24. The molecule has 0 saturated heterocycles. The van der Waals surface area contributed by atoms with Crippen LogP contribution in [0.15, 0.2) is 12.4 Å². The Balaban J connectivity index is 1.90. The van der Waals surface area contributed by atoms with Gasteiger partial charge in [0.05, 0.1) is 0 Å². The second-order valence-corrected chi connectivity index (χ2v) is 4.84. The van der Waals surface area contributed by atoms with Crippen LogP contribution in [0.3, 0.4) is 0 Å². The van der Waals surface area contributed by atoms with Gasteiger partial charge in [0.25, 0.3) is 0 Å². The summed E-state index contributed by atoms with van der Waals surface area (Å²) in [7, 11) is 0. The average molecular weight is 234 g/mol. The molecule has 2 rings (SSSR count). The summed E-state index contributed by atoms with van der Waals surface area (Å²) in [5.41, 5.74) is 0. The zero-order valence-electron chi connectivity index (χ0n) is 10.7. The normalized spacial score (nSPS) is 17.3. The van der Waals surface area contributed by atoms with Crippen LogP contribution >= 0.6 is 0 Å². The van der Waals surface area contributed by atoms with Crippen LogP contribution in [-0.2, 0) is 0 Å². The first-order valence-electron chi connectivity index (χ1n) is 6.62. The summed E-state index contributed by atoms with van der Waals surface area (Å²) in [5.74, 6) is 2.65. The minimum Gasteiger partial charge on any atom is -0.370 e. The van der Waals surface area contributed by atoms with E-state index in [9.17, 15) is 0 Å². The largest absolute Gasteiger partial charge is 0.370 e. The molecule has 0 aromatic carbocycles. The van der Waals surface area contributed by atoms with Gasteiger partial charge in [0.15, 0.2) is 0 Å². The lowest BCUT2D eigenvalue weighted by Crippen LogP contribution is -2.31. The van der Waals surface area contributed by atoms with E-state index < -0.39 is 0 Å². The van der Waals surface area contributed by atoms with E-state index in [4.69, 9.17) is 0 Å². The monoisotopic (exact) mass is 234 g/mol. The van der Waals surface area contributed by atoms with Crippen molar-refractivity contribution >= 4 is 11.6 Å². The number of nitrogens with zero attached hydrogens (tertiary/aromatic N) is 2. The highest BCUT2D eigenvalue weighted by Gasteiger charge is 2.23. The lowest BCUT2D eigenvalue weighted by atomic mass is 9.80. The highest BCUT2D eigenvalue weighted by atomic mass is 15.1. The Hall–Kier alpha value is -1.32. The van der Waals surface area contributed by atoms with E-state index in [0.717, 1.165) is 30.5 Å². The molecule has 0 bridgehead atoms. The van der Waals surface area contributed by atoms with Gasteiger partial charge >= 0.3 is 0 Å². The van der Waals surface area contributed by atoms with E-state index in [1.54, 1.807) is 6.33 Å². The smallest absolute Gasteiger partial charge is 0.131 e. The fourth-order valence-electron chi connectivity index (χ4n) is 2.08. The number of rotatable bonds is 6. The van der Waals surface area contributed by atoms with Crippen LogP contribution in [0.25, 0.3) is 0 Å². The highest BCUT2D eigenvalue weighted by molar-refractivity contribution is 5.46. The number of hydrogen-bond acceptors (Lipinski definition) is 4. The van der Waals surface area contributed by atoms with Crippen LogP contribution in [0.5, 0.6) is 0 Å². The molecule has 4 heteroatoms. The van der Waals surface area contributed by atoms with Gasteiger partial charge in [0.1, 0.15) is 18.0 Å². The fraction of sp³-hybridized carbons (Fsp3) is 0.692. The Morgan fingerprint density at radius 1 is 1.35 bits per heavy atom. The number of nitrogens with one attached hydrogen (secondary N) is 2. The zero-order chi connectivity index (χ0) is 12.1. The Morgan fingerprint density at radius 3 is 2.76 bits per heavy atom. The summed E-state index contributed by atoms with van der Waals surface area (Å²) in [5, 5.41) is 6.74. The van der Waals surface area contributed by atoms with Gasteiger partial charge < -0.3 is 10.6 Å². The third-order valence-electron chi connectivity index (χ3n) is 3.46. The Kier molecular flexibility index (Phi) is 4.18. The first-order chi connectivity index (χ1) is 8.29. The van der Waals surface area contributed by atoms with E-state index in [0.29, 0.717) is 6.04 Å². The van der Waals surface area contributed by atoms with Crippen LogP contribution in [0.4, 0.5) is 11.6 Å². The van der Waals surface area contributed by atoms with Crippen LogP contribution in [-0.4, -0.2) is 22.6 Å². The third kappa shape index (κ3) is 3.32. The molecule has 94 valence electrons. The van der Waals surface area contributed by atoms with E-state index in [-0.39, 0.29) is 0 Å². The molecule has 0 aliphatic heterocycles. The second-order valence-electron chi connectivity index (χ2n) is 4.84. The predicted molar refractivity (Wildman–Crippen MR) is 71.2 cm³/mol. The van der Waals surface area contributed by atoms with Gasteiger partial charge in [-0.1, -0.05) is 13.3 Å². The molecule has 1 unspecified atom stereocenters. The lowest BCUT2D eigenvalue weighted by molar-refractivity contribution is 0.285. The summed E-state index contributed by atoms with van der Waals surface area (Å²) in [6.45, 7) is 5.34. The summed E-state index contributed by atoms with van der Waals surface area (Å²) in [6, 6.07) is 2.50. The number of aromatic nitrogens is 2. The van der Waals surface area contributed by atoms with Crippen LogP contribution in [0.2, 0.25) is 0 Å². The molecule has 17 heavy (non-hydrogen) atoms. The molecule has 1 aliphatic rings. The first-order valence-corrected chi connectivity index (χ1v) is 6.62. The molecule has 1 atom stereocenters. The van der Waals surface area contributed by atoms with Gasteiger partial charge in [0.2, 0.25) is 0 Å². The first kappa shape index (κ1) is 12.1. The standard InChI is InChI=1S/C13H22N4/c1-3-7-14-12-8-13(16-9-15-12)17-10(2)11-5-4-6-11/h8-11H,3-7H2,1-2H3,(H2,14,15,16,17). The Morgan fingerprint density at radius 2 is 2.12 bits per heavy atom. The van der Waals surface area contributed by atoms with E-state index in [1.807, 2.05) is 6.07 Å². The molecule has 1 aromatic rings. The predicted octanol–water partition coefficient (Wildman–Crippen LogP) is 2.90. The molecule has 1 aliphatic carbocycles. The van der Waals surface area contributed by atoms with Crippen molar-refractivity contribution < 1.29 is 0 Å². The highest BCUT2D eigenvalue weighted by Crippen LogP contribution is 2.30. The van der Waals surface area contributed by atoms with Crippen LogP contribution < -0.4 is 10.6 Å². The summed E-state index contributed by atoms with van der Waals surface area (Å²) in [6.07, 6.45) is 6.79. The number of anilines is 2. The number of hydrogen-bond donors (Lipinski definition) is 2. The molecule has 2 N–H and O–H groups in total. The van der Waals surface area contributed by atoms with Crippen molar-refractivity contribution in [2.75, 3.05) is 17.2 Å². The molecule has 0 amide bonds. The van der Waals surface area contributed by atoms with Crippen molar-refractivity contribution in [1.82, 2.24) is 9.97 Å². The Bertz CT molecular complexity index is 349. The zero-order valence-corrected chi connectivity index (χ0v) is 10.7. The maximum absolute atomic E-state index is 4.27. The fourth-order valence-corrected chi connectivity index (χ4v) is 2.08. The molecular weight excluding hydrogens is 212 g/mol. The van der Waals surface area contributed by atoms with Gasteiger partial charge in [-0.05, 0) is 32.1 Å². The van der Waals surface area contributed by atoms with Crippen molar-refractivity contribution in [3.63, 3.8) is 0 Å². The van der Waals surface area contributed by atoms with E-state index in [2.05, 4.69) is 34.4 Å². The lowest BCUT2D eigenvalue weighted by Gasteiger charge is -2.32. The summed E-state index contributed by atoms with van der Waals surface area (Å²) >= 11 is 0. The molecule has 1 aromatic heterocycles. The molecule has 4 nitrogen and oxygen atoms in total. The molecular formula is C13H22N4. The van der Waals surface area contributed by atoms with Crippen molar-refractivity contribution in [3.05, 3.63) is 12.4 Å². The van der Waals surface area contributed by atoms with Gasteiger partial charge in [-0.3, -0.25) is 0 Å². The maximum Gasteiger partial charge on any atom is 0.131 e. The summed E-state index contributed by atoms with van der Waals surface area (Å²) < 4.78 is 0. The molecule has 0 spiro atoms. The van der Waals surface area contributed by atoms with Crippen molar-refractivity contribution in [3.8, 4) is 0 Å². The van der Waals surface area contributed by atoms with E-state index >= 15 is 0 Å². The van der Waals surface area contributed by atoms with Crippen molar-refractivity contribution in [2.45, 2.75) is 45.6 Å². The maximum atomic E-state index is 4.27. The third-order valence-corrected chi connectivity index (χ3v) is 3.46. The van der Waals surface area contributed by atoms with Gasteiger partial charge in [-0.15, -0.1) is 0 Å². The quantitative estimate of drug-likeness (QED) is 0.794. The van der Waals surface area contributed by atoms with Gasteiger partial charge in [-0.2, -0.15) is 0 Å². The second kappa shape index (κ2) is 5.84.